The number of likely N-dealkylation sites (N-methyl/N-ethyl adjacent to an activating group) is 1. The second-order valence-corrected chi connectivity index (χ2v) is 10.9. The molecule has 10 heteroatoms. The van der Waals surface area contributed by atoms with Gasteiger partial charge in [-0.1, -0.05) is 41.6 Å². The van der Waals surface area contributed by atoms with Gasteiger partial charge in [0.15, 0.2) is 16.7 Å². The molecule has 1 aromatic heterocycles. The van der Waals surface area contributed by atoms with Crippen LogP contribution in [-0.2, 0) is 11.2 Å². The Morgan fingerprint density at radius 1 is 1.05 bits per heavy atom. The number of nitrogens with zero attached hydrogens (tertiary/aromatic N) is 3. The average molecular weight is 592 g/mol. The molecule has 1 N–H and O–H groups in total. The van der Waals surface area contributed by atoms with Crippen LogP contribution in [0.15, 0.2) is 60.0 Å². The molecule has 1 amide bonds. The van der Waals surface area contributed by atoms with Crippen LogP contribution in [0.5, 0.6) is 11.5 Å². The quantitative estimate of drug-likeness (QED) is 0.207. The van der Waals surface area contributed by atoms with Gasteiger partial charge in [0.25, 0.3) is 0 Å². The second kappa shape index (κ2) is 15.3. The Morgan fingerprint density at radius 2 is 1.77 bits per heavy atom. The monoisotopic (exact) mass is 590 g/mol. The molecule has 1 fully saturated rings. The Balaban J connectivity index is 0.00000420. The highest BCUT2D eigenvalue weighted by molar-refractivity contribution is 7.99. The van der Waals surface area contributed by atoms with E-state index in [9.17, 15) is 4.79 Å². The van der Waals surface area contributed by atoms with Crippen molar-refractivity contribution in [3.05, 3.63) is 65.4 Å². The molecule has 2 unspecified atom stereocenters. The maximum absolute atomic E-state index is 12.7. The smallest absolute Gasteiger partial charge is 0.230 e. The number of halogens is 2. The van der Waals surface area contributed by atoms with Crippen molar-refractivity contribution >= 4 is 41.7 Å². The fourth-order valence-corrected chi connectivity index (χ4v) is 5.64. The molecular weight excluding hydrogens is 555 g/mol. The summed E-state index contributed by atoms with van der Waals surface area (Å²) in [5, 5.41) is 4.60. The van der Waals surface area contributed by atoms with E-state index < -0.39 is 0 Å². The zero-order valence-corrected chi connectivity index (χ0v) is 25.0. The maximum Gasteiger partial charge on any atom is 0.230 e. The molecule has 210 valence electrons. The van der Waals surface area contributed by atoms with Gasteiger partial charge in [0.1, 0.15) is 0 Å². The summed E-state index contributed by atoms with van der Waals surface area (Å²) < 4.78 is 10.7. The first-order valence-electron chi connectivity index (χ1n) is 12.9. The Kier molecular flexibility index (Phi) is 12.2. The van der Waals surface area contributed by atoms with E-state index in [4.69, 9.17) is 21.1 Å². The molecule has 39 heavy (non-hydrogen) atoms. The van der Waals surface area contributed by atoms with Crippen LogP contribution in [0.2, 0.25) is 5.02 Å². The van der Waals surface area contributed by atoms with Gasteiger partial charge in [-0.3, -0.25) is 4.79 Å². The third-order valence-corrected chi connectivity index (χ3v) is 8.09. The Labute approximate surface area is 246 Å². The summed E-state index contributed by atoms with van der Waals surface area (Å²) >= 11 is 7.34. The molecule has 2 atom stereocenters. The first-order chi connectivity index (χ1) is 18.5. The number of carbonyl (C=O) groups excluding carboxylic acids is 1. The normalized spacial score (nSPS) is 16.5. The number of methoxy groups -OCH3 is 2. The van der Waals surface area contributed by atoms with Gasteiger partial charge in [0.05, 0.1) is 20.0 Å². The molecule has 0 spiro atoms. The topological polar surface area (TPSA) is 76.6 Å². The lowest BCUT2D eigenvalue weighted by molar-refractivity contribution is -0.119. The molecule has 0 aliphatic heterocycles. The number of aromatic nitrogens is 2. The lowest BCUT2D eigenvalue weighted by atomic mass is 10.1. The maximum atomic E-state index is 12.7. The minimum Gasteiger partial charge on any atom is -0.493 e. The first-order valence-corrected chi connectivity index (χ1v) is 14.2. The molecule has 7 nitrogen and oxygen atoms in total. The molecule has 1 aliphatic carbocycles. The van der Waals surface area contributed by atoms with E-state index in [0.717, 1.165) is 54.8 Å². The largest absolute Gasteiger partial charge is 0.493 e. The number of benzene rings is 2. The van der Waals surface area contributed by atoms with E-state index >= 15 is 0 Å². The van der Waals surface area contributed by atoms with Crippen LogP contribution in [0.25, 0.3) is 11.1 Å². The molecule has 0 bridgehead atoms. The molecule has 4 rings (SSSR count). The average Bonchev–Trinajstić information content (AvgIpc) is 3.41. The Hall–Kier alpha value is -2.52. The number of nitrogens with one attached hydrogen (secondary N) is 1. The van der Waals surface area contributed by atoms with Crippen LogP contribution in [-0.4, -0.2) is 66.4 Å². The van der Waals surface area contributed by atoms with Crippen molar-refractivity contribution in [2.45, 2.75) is 49.3 Å². The van der Waals surface area contributed by atoms with Gasteiger partial charge in [-0.05, 0) is 81.1 Å². The molecule has 0 radical (unpaired) electrons. The van der Waals surface area contributed by atoms with Crippen molar-refractivity contribution in [3.8, 4) is 22.6 Å². The van der Waals surface area contributed by atoms with Crippen molar-refractivity contribution in [2.75, 3.05) is 33.6 Å². The summed E-state index contributed by atoms with van der Waals surface area (Å²) in [7, 11) is 5.38. The number of aryl methyl sites for hydroxylation is 1. The summed E-state index contributed by atoms with van der Waals surface area (Å²) in [6.45, 7) is 0.995. The van der Waals surface area contributed by atoms with Crippen LogP contribution < -0.4 is 14.8 Å². The lowest BCUT2D eigenvalue weighted by Gasteiger charge is -2.30. The van der Waals surface area contributed by atoms with Gasteiger partial charge in [0, 0.05) is 35.1 Å². The number of hydrogen-bond acceptors (Lipinski definition) is 7. The van der Waals surface area contributed by atoms with Crippen molar-refractivity contribution in [1.82, 2.24) is 20.2 Å². The second-order valence-electron chi connectivity index (χ2n) is 9.50. The van der Waals surface area contributed by atoms with Crippen LogP contribution in [0.1, 0.15) is 31.2 Å². The number of ether oxygens (including phenoxy) is 2. The molecule has 2 aromatic carbocycles. The minimum absolute atomic E-state index is 0. The van der Waals surface area contributed by atoms with Crippen LogP contribution >= 0.6 is 35.8 Å². The van der Waals surface area contributed by atoms with Gasteiger partial charge < -0.3 is 19.7 Å². The van der Waals surface area contributed by atoms with E-state index in [1.807, 2.05) is 30.3 Å². The highest BCUT2D eigenvalue weighted by Gasteiger charge is 2.31. The summed E-state index contributed by atoms with van der Waals surface area (Å²) in [6.07, 6.45) is 8.87. The van der Waals surface area contributed by atoms with E-state index in [1.165, 1.54) is 17.3 Å². The predicted octanol–water partition coefficient (Wildman–Crippen LogP) is 5.93. The standard InChI is InChI=1S/C29H35ClN4O3S.ClH/c1-34(15-5-6-20-9-12-23(30)13-10-20)25-8-4-7-24(25)33-28(35)19-38-29-31-17-22(18-32-29)21-11-14-26(36-2)27(16-21)37-3;/h9-14,16-18,24-25H,4-8,15,19H2,1-3H3,(H,33,35);1H. The zero-order valence-electron chi connectivity index (χ0n) is 22.6. The summed E-state index contributed by atoms with van der Waals surface area (Å²) in [5.41, 5.74) is 3.10. The molecule has 1 aliphatic rings. The van der Waals surface area contributed by atoms with E-state index in [-0.39, 0.29) is 24.4 Å². The molecular formula is C29H36Cl2N4O3S. The highest BCUT2D eigenvalue weighted by atomic mass is 35.5. The summed E-state index contributed by atoms with van der Waals surface area (Å²) in [6, 6.07) is 14.3. The summed E-state index contributed by atoms with van der Waals surface area (Å²) in [5.74, 6) is 1.63. The number of thioether (sulfide) groups is 1. The molecule has 1 heterocycles. The highest BCUT2D eigenvalue weighted by Crippen LogP contribution is 2.32. The van der Waals surface area contributed by atoms with Crippen molar-refractivity contribution < 1.29 is 14.3 Å². The minimum atomic E-state index is 0. The van der Waals surface area contributed by atoms with Crippen molar-refractivity contribution in [1.29, 1.82) is 0 Å². The van der Waals surface area contributed by atoms with E-state index in [1.54, 1.807) is 26.6 Å². The fourth-order valence-electron chi connectivity index (χ4n) is 4.92. The predicted molar refractivity (Wildman–Crippen MR) is 161 cm³/mol. The molecule has 0 saturated heterocycles. The van der Waals surface area contributed by atoms with Gasteiger partial charge in [-0.2, -0.15) is 0 Å². The van der Waals surface area contributed by atoms with Crippen LogP contribution in [0.4, 0.5) is 0 Å². The number of carbonyl (C=O) groups is 1. The van der Waals surface area contributed by atoms with E-state index in [0.29, 0.717) is 28.5 Å². The van der Waals surface area contributed by atoms with Gasteiger partial charge in [-0.25, -0.2) is 9.97 Å². The summed E-state index contributed by atoms with van der Waals surface area (Å²) in [4.78, 5) is 24.0. The van der Waals surface area contributed by atoms with Crippen molar-refractivity contribution in [2.24, 2.45) is 0 Å². The number of hydrogen-bond donors (Lipinski definition) is 1. The third kappa shape index (κ3) is 8.73. The fraction of sp³-hybridized carbons (Fsp3) is 0.414. The van der Waals surface area contributed by atoms with Gasteiger partial charge >= 0.3 is 0 Å². The number of amides is 1. The Morgan fingerprint density at radius 3 is 2.46 bits per heavy atom. The number of rotatable bonds is 12. The van der Waals surface area contributed by atoms with Crippen molar-refractivity contribution in [3.63, 3.8) is 0 Å². The third-order valence-electron chi connectivity index (χ3n) is 6.96. The lowest BCUT2D eigenvalue weighted by Crippen LogP contribution is -2.48. The zero-order chi connectivity index (χ0) is 26.9. The molecule has 3 aromatic rings. The van der Waals surface area contributed by atoms with Gasteiger partial charge in [0.2, 0.25) is 5.91 Å². The van der Waals surface area contributed by atoms with Crippen LogP contribution in [0.3, 0.4) is 0 Å². The van der Waals surface area contributed by atoms with Crippen LogP contribution in [0, 0.1) is 0 Å². The van der Waals surface area contributed by atoms with Gasteiger partial charge in [-0.15, -0.1) is 12.4 Å². The SMILES string of the molecule is COc1ccc(-c2cnc(SCC(=O)NC3CCCC3N(C)CCCc3ccc(Cl)cc3)nc2)cc1OC.Cl. The molecule has 1 saturated carbocycles. The Bertz CT molecular complexity index is 1200. The first kappa shape index (κ1) is 31.0. The van der Waals surface area contributed by atoms with E-state index in [2.05, 4.69) is 39.4 Å².